The van der Waals surface area contributed by atoms with Gasteiger partial charge in [-0.3, -0.25) is 0 Å². The van der Waals surface area contributed by atoms with Gasteiger partial charge in [-0.1, -0.05) is 27.7 Å². The van der Waals surface area contributed by atoms with Gasteiger partial charge in [-0.2, -0.15) is 0 Å². The molecule has 1 atom stereocenters. The third-order valence-electron chi connectivity index (χ3n) is 3.30. The van der Waals surface area contributed by atoms with Gasteiger partial charge in [0.05, 0.1) is 6.61 Å². The zero-order valence-electron chi connectivity index (χ0n) is 12.6. The molecule has 1 N–H and O–H groups in total. The summed E-state index contributed by atoms with van der Waals surface area (Å²) in [5.41, 5.74) is -0.0394. The largest absolute Gasteiger partial charge is 0.449 e. The molecule has 1 amide bonds. The van der Waals surface area contributed by atoms with Crippen LogP contribution in [-0.4, -0.2) is 42.3 Å². The average Bonchev–Trinajstić information content (AvgIpc) is 2.23. The number of hydrogen-bond acceptors (Lipinski definition) is 3. The Hall–Kier alpha value is -0.770. The van der Waals surface area contributed by atoms with Gasteiger partial charge in [0.15, 0.2) is 0 Å². The van der Waals surface area contributed by atoms with Crippen molar-refractivity contribution in [3.63, 3.8) is 0 Å². The molecule has 1 aliphatic heterocycles. The highest BCUT2D eigenvalue weighted by Crippen LogP contribution is 2.21. The number of ether oxygens (including phenoxy) is 1. The SMILES string of the molecule is CC(C)COC(=O)N1CC(C)(C)NCC1C(C)C. The fourth-order valence-electron chi connectivity index (χ4n) is 2.21. The van der Waals surface area contributed by atoms with Gasteiger partial charge < -0.3 is 15.0 Å². The molecular formula is C14H28N2O2. The number of hydrogen-bond donors (Lipinski definition) is 1. The van der Waals surface area contributed by atoms with Crippen molar-refractivity contribution in [2.75, 3.05) is 19.7 Å². The first-order valence-corrected chi connectivity index (χ1v) is 6.91. The Bertz CT molecular complexity index is 288. The third-order valence-corrected chi connectivity index (χ3v) is 3.30. The maximum atomic E-state index is 12.2. The summed E-state index contributed by atoms with van der Waals surface area (Å²) in [6.45, 7) is 14.7. The smallest absolute Gasteiger partial charge is 0.410 e. The first-order chi connectivity index (χ1) is 8.23. The summed E-state index contributed by atoms with van der Waals surface area (Å²) in [6, 6.07) is 0.220. The minimum atomic E-state index is -0.169. The molecule has 1 saturated heterocycles. The molecule has 1 aliphatic rings. The molecule has 18 heavy (non-hydrogen) atoms. The molecule has 0 aromatic carbocycles. The third kappa shape index (κ3) is 4.16. The van der Waals surface area contributed by atoms with Gasteiger partial charge in [-0.05, 0) is 25.7 Å². The Balaban J connectivity index is 2.69. The molecule has 0 aromatic heterocycles. The molecule has 1 unspecified atom stereocenters. The number of rotatable bonds is 3. The predicted molar refractivity (Wildman–Crippen MR) is 73.6 cm³/mol. The maximum Gasteiger partial charge on any atom is 0.410 e. The summed E-state index contributed by atoms with van der Waals surface area (Å²) >= 11 is 0. The van der Waals surface area contributed by atoms with Gasteiger partial charge in [-0.25, -0.2) is 4.79 Å². The second kappa shape index (κ2) is 5.91. The summed E-state index contributed by atoms with van der Waals surface area (Å²) in [6.07, 6.45) is -0.169. The van der Waals surface area contributed by atoms with Crippen LogP contribution < -0.4 is 5.32 Å². The lowest BCUT2D eigenvalue weighted by Gasteiger charge is -2.45. The Kier molecular flexibility index (Phi) is 5.02. The lowest BCUT2D eigenvalue weighted by atomic mass is 9.93. The molecule has 4 heteroatoms. The first-order valence-electron chi connectivity index (χ1n) is 6.91. The van der Waals surface area contributed by atoms with Crippen LogP contribution in [0.2, 0.25) is 0 Å². The lowest BCUT2D eigenvalue weighted by Crippen LogP contribution is -2.64. The second-order valence-electron chi connectivity index (χ2n) is 6.67. The Morgan fingerprint density at radius 3 is 2.50 bits per heavy atom. The van der Waals surface area contributed by atoms with E-state index in [1.165, 1.54) is 0 Å². The number of carbonyl (C=O) groups excluding carboxylic acids is 1. The maximum absolute atomic E-state index is 12.2. The summed E-state index contributed by atoms with van der Waals surface area (Å²) in [4.78, 5) is 14.1. The molecule has 0 radical (unpaired) electrons. The van der Waals surface area contributed by atoms with E-state index in [0.717, 1.165) is 6.54 Å². The molecule has 1 fully saturated rings. The minimum Gasteiger partial charge on any atom is -0.449 e. The van der Waals surface area contributed by atoms with Gasteiger partial charge in [0.25, 0.3) is 0 Å². The monoisotopic (exact) mass is 256 g/mol. The molecule has 1 rings (SSSR count). The highest BCUT2D eigenvalue weighted by Gasteiger charge is 2.37. The van der Waals surface area contributed by atoms with Crippen LogP contribution in [0.4, 0.5) is 4.79 Å². The van der Waals surface area contributed by atoms with Crippen LogP contribution in [0.3, 0.4) is 0 Å². The van der Waals surface area contributed by atoms with E-state index in [1.807, 2.05) is 4.90 Å². The van der Waals surface area contributed by atoms with E-state index >= 15 is 0 Å². The minimum absolute atomic E-state index is 0.0394. The Morgan fingerprint density at radius 2 is 2.00 bits per heavy atom. The van der Waals surface area contributed by atoms with Crippen LogP contribution in [0.15, 0.2) is 0 Å². The van der Waals surface area contributed by atoms with Gasteiger partial charge in [0.1, 0.15) is 0 Å². The van der Waals surface area contributed by atoms with Crippen molar-refractivity contribution >= 4 is 6.09 Å². The van der Waals surface area contributed by atoms with Crippen molar-refractivity contribution in [1.29, 1.82) is 0 Å². The van der Waals surface area contributed by atoms with Crippen LogP contribution in [-0.2, 0) is 4.74 Å². The van der Waals surface area contributed by atoms with Crippen molar-refractivity contribution in [3.05, 3.63) is 0 Å². The van der Waals surface area contributed by atoms with E-state index < -0.39 is 0 Å². The normalized spacial score (nSPS) is 23.6. The van der Waals surface area contributed by atoms with Crippen LogP contribution >= 0.6 is 0 Å². The van der Waals surface area contributed by atoms with Gasteiger partial charge in [0, 0.05) is 24.7 Å². The van der Waals surface area contributed by atoms with Crippen LogP contribution in [0.5, 0.6) is 0 Å². The first kappa shape index (κ1) is 15.3. The zero-order chi connectivity index (χ0) is 13.9. The molecule has 0 aliphatic carbocycles. The molecule has 0 aromatic rings. The molecule has 0 bridgehead atoms. The highest BCUT2D eigenvalue weighted by molar-refractivity contribution is 5.68. The summed E-state index contributed by atoms with van der Waals surface area (Å²) in [7, 11) is 0. The van der Waals surface area contributed by atoms with Crippen molar-refractivity contribution < 1.29 is 9.53 Å². The van der Waals surface area contributed by atoms with Gasteiger partial charge in [-0.15, -0.1) is 0 Å². The molecule has 1 heterocycles. The van der Waals surface area contributed by atoms with Gasteiger partial charge >= 0.3 is 6.09 Å². The molecule has 106 valence electrons. The van der Waals surface area contributed by atoms with E-state index in [4.69, 9.17) is 4.74 Å². The van der Waals surface area contributed by atoms with Gasteiger partial charge in [0.2, 0.25) is 0 Å². The van der Waals surface area contributed by atoms with E-state index in [0.29, 0.717) is 25.0 Å². The zero-order valence-corrected chi connectivity index (χ0v) is 12.6. The molecule has 0 spiro atoms. The van der Waals surface area contributed by atoms with Crippen molar-refractivity contribution in [1.82, 2.24) is 10.2 Å². The van der Waals surface area contributed by atoms with Crippen molar-refractivity contribution in [3.8, 4) is 0 Å². The fourth-order valence-corrected chi connectivity index (χ4v) is 2.21. The van der Waals surface area contributed by atoms with E-state index in [9.17, 15) is 4.79 Å². The lowest BCUT2D eigenvalue weighted by molar-refractivity contribution is 0.0362. The summed E-state index contributed by atoms with van der Waals surface area (Å²) in [5, 5.41) is 3.49. The summed E-state index contributed by atoms with van der Waals surface area (Å²) < 4.78 is 5.38. The highest BCUT2D eigenvalue weighted by atomic mass is 16.6. The molecule has 0 saturated carbocycles. The van der Waals surface area contributed by atoms with Crippen LogP contribution in [0, 0.1) is 11.8 Å². The van der Waals surface area contributed by atoms with Crippen molar-refractivity contribution in [2.45, 2.75) is 53.1 Å². The van der Waals surface area contributed by atoms with Crippen molar-refractivity contribution in [2.24, 2.45) is 11.8 Å². The topological polar surface area (TPSA) is 41.6 Å². The van der Waals surface area contributed by atoms with E-state index in [-0.39, 0.29) is 17.7 Å². The average molecular weight is 256 g/mol. The number of piperazine rings is 1. The predicted octanol–water partition coefficient (Wildman–Crippen LogP) is 2.49. The second-order valence-corrected chi connectivity index (χ2v) is 6.67. The quantitative estimate of drug-likeness (QED) is 0.843. The fraction of sp³-hybridized carbons (Fsp3) is 0.929. The van der Waals surface area contributed by atoms with Crippen LogP contribution in [0.25, 0.3) is 0 Å². The van der Waals surface area contributed by atoms with E-state index in [2.05, 4.69) is 46.9 Å². The van der Waals surface area contributed by atoms with Crippen LogP contribution in [0.1, 0.15) is 41.5 Å². The summed E-state index contributed by atoms with van der Waals surface area (Å²) in [5.74, 6) is 0.808. The molecular weight excluding hydrogens is 228 g/mol. The number of nitrogens with one attached hydrogen (secondary N) is 1. The molecule has 4 nitrogen and oxygen atoms in total. The van der Waals surface area contributed by atoms with E-state index in [1.54, 1.807) is 0 Å². The Morgan fingerprint density at radius 1 is 1.39 bits per heavy atom. The number of amides is 1. The standard InChI is InChI=1S/C14H28N2O2/c1-10(2)8-18-13(17)16-9-14(5,6)15-7-12(16)11(3)4/h10-12,15H,7-9H2,1-6H3. The number of nitrogens with zero attached hydrogens (tertiary/aromatic N) is 1. The number of carbonyl (C=O) groups is 1. The Labute approximate surface area is 111 Å².